The number of halogens is 2. The van der Waals surface area contributed by atoms with Crippen LogP contribution in [0, 0.1) is 20.2 Å². The average Bonchev–Trinajstić information content (AvgIpc) is 2.62. The molecule has 2 amide bonds. The molecule has 0 aliphatic heterocycles. The number of carbonyl (C=O) groups is 2. The number of nitro benzene ring substituents is 2. The molecule has 0 heterocycles. The fraction of sp³-hybridized carbons (Fsp3) is 0.125. The van der Waals surface area contributed by atoms with Gasteiger partial charge >= 0.3 is 0 Å². The lowest BCUT2D eigenvalue weighted by Gasteiger charge is -2.17. The van der Waals surface area contributed by atoms with Crippen LogP contribution in [-0.2, 0) is 9.59 Å². The molecule has 1 N–H and O–H groups in total. The SMILES string of the molecule is CN(C(=O)CC(=O)Nc1ccc(Cl)c([N+](=O)[O-])c1)c1ccc(Cl)c([N+](=O)[O-])c1. The lowest BCUT2D eigenvalue weighted by Crippen LogP contribution is -2.30. The van der Waals surface area contributed by atoms with E-state index in [4.69, 9.17) is 23.2 Å². The quantitative estimate of drug-likeness (QED) is 0.423. The topological polar surface area (TPSA) is 136 Å². The average molecular weight is 427 g/mol. The van der Waals surface area contributed by atoms with Crippen molar-refractivity contribution in [3.63, 3.8) is 0 Å². The maximum absolute atomic E-state index is 12.3. The van der Waals surface area contributed by atoms with Gasteiger partial charge in [0.15, 0.2) is 0 Å². The lowest BCUT2D eigenvalue weighted by atomic mass is 10.2. The maximum atomic E-state index is 12.3. The van der Waals surface area contributed by atoms with Gasteiger partial charge in [0.05, 0.1) is 15.5 Å². The summed E-state index contributed by atoms with van der Waals surface area (Å²) < 4.78 is 0. The van der Waals surface area contributed by atoms with Crippen molar-refractivity contribution >= 4 is 57.8 Å². The second-order valence-corrected chi connectivity index (χ2v) is 6.31. The van der Waals surface area contributed by atoms with E-state index in [1.54, 1.807) is 0 Å². The second-order valence-electron chi connectivity index (χ2n) is 5.49. The van der Waals surface area contributed by atoms with Crippen LogP contribution in [0.15, 0.2) is 36.4 Å². The molecule has 0 unspecified atom stereocenters. The molecule has 0 radical (unpaired) electrons. The molecule has 10 nitrogen and oxygen atoms in total. The predicted molar refractivity (Wildman–Crippen MR) is 103 cm³/mol. The largest absolute Gasteiger partial charge is 0.325 e. The number of rotatable bonds is 6. The van der Waals surface area contributed by atoms with Gasteiger partial charge in [0.25, 0.3) is 11.4 Å². The molecule has 0 spiro atoms. The zero-order valence-corrected chi connectivity index (χ0v) is 15.7. The van der Waals surface area contributed by atoms with Crippen LogP contribution in [0.25, 0.3) is 0 Å². The molecule has 2 aromatic rings. The van der Waals surface area contributed by atoms with E-state index in [1.165, 1.54) is 31.3 Å². The Labute approximate surface area is 167 Å². The van der Waals surface area contributed by atoms with Crippen LogP contribution in [0.5, 0.6) is 0 Å². The van der Waals surface area contributed by atoms with Crippen molar-refractivity contribution in [1.82, 2.24) is 0 Å². The van der Waals surface area contributed by atoms with Crippen LogP contribution < -0.4 is 10.2 Å². The van der Waals surface area contributed by atoms with Crippen LogP contribution in [0.4, 0.5) is 22.7 Å². The summed E-state index contributed by atoms with van der Waals surface area (Å²) in [5, 5.41) is 24.0. The normalized spacial score (nSPS) is 10.2. The zero-order chi connectivity index (χ0) is 21.0. The Kier molecular flexibility index (Phi) is 6.49. The van der Waals surface area contributed by atoms with E-state index in [0.717, 1.165) is 17.0 Å². The minimum Gasteiger partial charge on any atom is -0.325 e. The van der Waals surface area contributed by atoms with E-state index in [0.29, 0.717) is 0 Å². The number of hydrogen-bond donors (Lipinski definition) is 1. The lowest BCUT2D eigenvalue weighted by molar-refractivity contribution is -0.384. The minimum absolute atomic E-state index is 0.0864. The Bertz CT molecular complexity index is 982. The highest BCUT2D eigenvalue weighted by Gasteiger charge is 2.20. The first kappa shape index (κ1) is 21.1. The van der Waals surface area contributed by atoms with Gasteiger partial charge in [-0.25, -0.2) is 0 Å². The van der Waals surface area contributed by atoms with Crippen molar-refractivity contribution in [3.8, 4) is 0 Å². The Hall–Kier alpha value is -3.24. The number of benzene rings is 2. The van der Waals surface area contributed by atoms with E-state index in [9.17, 15) is 29.8 Å². The highest BCUT2D eigenvalue weighted by atomic mass is 35.5. The molecule has 0 atom stereocenters. The number of nitro groups is 2. The van der Waals surface area contributed by atoms with Crippen LogP contribution in [0.3, 0.4) is 0 Å². The van der Waals surface area contributed by atoms with Crippen LogP contribution in [-0.4, -0.2) is 28.7 Å². The Morgan fingerprint density at radius 2 is 1.54 bits per heavy atom. The number of nitrogens with one attached hydrogen (secondary N) is 1. The zero-order valence-electron chi connectivity index (χ0n) is 14.2. The molecule has 0 aliphatic carbocycles. The number of carbonyl (C=O) groups excluding carboxylic acids is 2. The highest BCUT2D eigenvalue weighted by molar-refractivity contribution is 6.33. The highest BCUT2D eigenvalue weighted by Crippen LogP contribution is 2.29. The van der Waals surface area contributed by atoms with Gasteiger partial charge in [-0.1, -0.05) is 23.2 Å². The molecule has 12 heteroatoms. The van der Waals surface area contributed by atoms with E-state index in [1.807, 2.05) is 0 Å². The third-order valence-corrected chi connectivity index (χ3v) is 4.27. The molecule has 0 aromatic heterocycles. The number of anilines is 2. The number of hydrogen-bond acceptors (Lipinski definition) is 6. The van der Waals surface area contributed by atoms with Gasteiger partial charge < -0.3 is 10.2 Å². The van der Waals surface area contributed by atoms with Crippen LogP contribution in [0.1, 0.15) is 6.42 Å². The first-order chi connectivity index (χ1) is 13.1. The maximum Gasteiger partial charge on any atom is 0.289 e. The Morgan fingerprint density at radius 1 is 1.00 bits per heavy atom. The monoisotopic (exact) mass is 426 g/mol. The van der Waals surface area contributed by atoms with Crippen LogP contribution >= 0.6 is 23.2 Å². The van der Waals surface area contributed by atoms with E-state index in [-0.39, 0.29) is 27.1 Å². The van der Waals surface area contributed by atoms with E-state index in [2.05, 4.69) is 5.32 Å². The van der Waals surface area contributed by atoms with Gasteiger partial charge in [0.1, 0.15) is 16.5 Å². The molecule has 146 valence electrons. The van der Waals surface area contributed by atoms with E-state index >= 15 is 0 Å². The van der Waals surface area contributed by atoms with Crippen molar-refractivity contribution in [3.05, 3.63) is 66.7 Å². The van der Waals surface area contributed by atoms with Crippen molar-refractivity contribution in [2.45, 2.75) is 6.42 Å². The third-order valence-electron chi connectivity index (χ3n) is 3.63. The van der Waals surface area contributed by atoms with Crippen molar-refractivity contribution in [2.24, 2.45) is 0 Å². The molecule has 0 saturated carbocycles. The summed E-state index contributed by atoms with van der Waals surface area (Å²) >= 11 is 11.4. The van der Waals surface area contributed by atoms with Gasteiger partial charge in [0.2, 0.25) is 11.8 Å². The van der Waals surface area contributed by atoms with Gasteiger partial charge in [-0.15, -0.1) is 0 Å². The molecule has 2 rings (SSSR count). The smallest absolute Gasteiger partial charge is 0.289 e. The minimum atomic E-state index is -0.725. The van der Waals surface area contributed by atoms with Crippen molar-refractivity contribution < 1.29 is 19.4 Å². The summed E-state index contributed by atoms with van der Waals surface area (Å²) in [6.45, 7) is 0. The first-order valence-electron chi connectivity index (χ1n) is 7.54. The second kappa shape index (κ2) is 8.63. The summed E-state index contributed by atoms with van der Waals surface area (Å²) in [7, 11) is 1.34. The van der Waals surface area contributed by atoms with Gasteiger partial charge in [-0.3, -0.25) is 29.8 Å². The third kappa shape index (κ3) is 4.93. The van der Waals surface area contributed by atoms with Gasteiger partial charge in [0, 0.05) is 24.9 Å². The fourth-order valence-electron chi connectivity index (χ4n) is 2.19. The van der Waals surface area contributed by atoms with Gasteiger partial charge in [-0.2, -0.15) is 0 Å². The van der Waals surface area contributed by atoms with Gasteiger partial charge in [-0.05, 0) is 24.3 Å². The molecule has 0 bridgehead atoms. The van der Waals surface area contributed by atoms with Crippen molar-refractivity contribution in [2.75, 3.05) is 17.3 Å². The standard InChI is InChI=1S/C16H12Cl2N4O6/c1-20(10-3-5-12(18)14(7-10)22(27)28)16(24)8-15(23)19-9-2-4-11(17)13(6-9)21(25)26/h2-7H,8H2,1H3,(H,19,23). The first-order valence-corrected chi connectivity index (χ1v) is 8.30. The molecule has 0 aliphatic rings. The summed E-state index contributed by atoms with van der Waals surface area (Å²) in [5.41, 5.74) is -0.497. The summed E-state index contributed by atoms with van der Waals surface area (Å²) in [6.07, 6.45) is -0.594. The predicted octanol–water partition coefficient (Wildman–Crippen LogP) is 3.80. The number of nitrogens with zero attached hydrogens (tertiary/aromatic N) is 3. The molecule has 0 fully saturated rings. The fourth-order valence-corrected chi connectivity index (χ4v) is 2.56. The summed E-state index contributed by atoms with van der Waals surface area (Å²) in [5.74, 6) is -1.38. The molecular weight excluding hydrogens is 415 g/mol. The molecular formula is C16H12Cl2N4O6. The Morgan fingerprint density at radius 3 is 2.11 bits per heavy atom. The summed E-state index contributed by atoms with van der Waals surface area (Å²) in [4.78, 5) is 45.8. The molecule has 0 saturated heterocycles. The number of amides is 2. The van der Waals surface area contributed by atoms with E-state index < -0.39 is 33.8 Å². The van der Waals surface area contributed by atoms with Crippen molar-refractivity contribution in [1.29, 1.82) is 0 Å². The molecule has 28 heavy (non-hydrogen) atoms. The summed E-state index contributed by atoms with van der Waals surface area (Å²) in [6, 6.07) is 7.44. The van der Waals surface area contributed by atoms with Crippen LogP contribution in [0.2, 0.25) is 10.0 Å². The molecule has 2 aromatic carbocycles. The Balaban J connectivity index is 2.09.